The first kappa shape index (κ1) is 29.9. The van der Waals surface area contributed by atoms with Crippen molar-refractivity contribution >= 4 is 29.5 Å². The SMILES string of the molecule is CC.CCCN(CCC)c1cc(N)nc(SCCN2CCOCC2)c1.Cc1cccc(C=N)c1.[HH]. The van der Waals surface area contributed by atoms with E-state index in [0.29, 0.717) is 5.82 Å². The fourth-order valence-electron chi connectivity index (χ4n) is 3.54. The molecule has 1 fully saturated rings. The molecule has 192 valence electrons. The molecule has 0 bridgehead atoms. The molecule has 1 aromatic heterocycles. The number of hydrogen-bond acceptors (Lipinski definition) is 7. The summed E-state index contributed by atoms with van der Waals surface area (Å²) in [5, 5.41) is 7.95. The molecule has 0 aliphatic carbocycles. The van der Waals surface area contributed by atoms with E-state index in [4.69, 9.17) is 15.9 Å². The number of pyridine rings is 1. The van der Waals surface area contributed by atoms with Gasteiger partial charge in [0.2, 0.25) is 0 Å². The average molecular weight is 490 g/mol. The molecule has 0 unspecified atom stereocenters. The number of nitrogens with one attached hydrogen (secondary N) is 1. The smallest absolute Gasteiger partial charge is 0.126 e. The largest absolute Gasteiger partial charge is 0.384 e. The Morgan fingerprint density at radius 2 is 1.82 bits per heavy atom. The Bertz CT molecular complexity index is 812. The maximum absolute atomic E-state index is 6.92. The highest BCUT2D eigenvalue weighted by molar-refractivity contribution is 7.99. The van der Waals surface area contributed by atoms with Gasteiger partial charge in [-0.1, -0.05) is 57.5 Å². The van der Waals surface area contributed by atoms with E-state index in [-0.39, 0.29) is 1.43 Å². The summed E-state index contributed by atoms with van der Waals surface area (Å²) in [5.41, 5.74) is 9.40. The van der Waals surface area contributed by atoms with Crippen LogP contribution in [0.1, 0.15) is 53.1 Å². The summed E-state index contributed by atoms with van der Waals surface area (Å²) >= 11 is 1.80. The quantitative estimate of drug-likeness (QED) is 0.316. The summed E-state index contributed by atoms with van der Waals surface area (Å²) < 4.78 is 5.39. The average Bonchev–Trinajstić information content (AvgIpc) is 2.86. The van der Waals surface area contributed by atoms with Crippen molar-refractivity contribution in [2.75, 3.05) is 62.3 Å². The Kier molecular flexibility index (Phi) is 16.1. The van der Waals surface area contributed by atoms with E-state index < -0.39 is 0 Å². The maximum atomic E-state index is 6.92. The van der Waals surface area contributed by atoms with Gasteiger partial charge in [0.15, 0.2) is 0 Å². The van der Waals surface area contributed by atoms with E-state index in [1.54, 1.807) is 11.8 Å². The number of thioether (sulfide) groups is 1. The van der Waals surface area contributed by atoms with E-state index >= 15 is 0 Å². The van der Waals surface area contributed by atoms with E-state index in [9.17, 15) is 0 Å². The lowest BCUT2D eigenvalue weighted by molar-refractivity contribution is 0.0410. The van der Waals surface area contributed by atoms with Crippen molar-refractivity contribution in [2.24, 2.45) is 0 Å². The molecule has 2 aromatic rings. The molecule has 7 heteroatoms. The van der Waals surface area contributed by atoms with E-state index in [1.165, 1.54) is 17.5 Å². The van der Waals surface area contributed by atoms with Crippen LogP contribution in [0.15, 0.2) is 41.4 Å². The molecule has 1 aliphatic heterocycles. The third kappa shape index (κ3) is 11.9. The minimum atomic E-state index is 0. The molecule has 0 amide bonds. The molecular formula is C27H47N5OS. The standard InChI is InChI=1S/C17H30N4OS.C8H9N.C2H6.H2/c1-3-5-21(6-4-2)15-13-16(18)19-17(14-15)23-12-9-20-7-10-22-11-8-20;1-7-3-2-4-8(5-7)6-9;1-2;/h13-14H,3-12H2,1-2H3,(H2,18,19);2-6,9H,1H3;1-2H3;1H. The molecule has 0 spiro atoms. The lowest BCUT2D eigenvalue weighted by atomic mass is 10.2. The minimum Gasteiger partial charge on any atom is -0.384 e. The normalized spacial score (nSPS) is 13.2. The van der Waals surface area contributed by atoms with Gasteiger partial charge in [-0.15, -0.1) is 11.8 Å². The number of anilines is 2. The molecule has 2 heterocycles. The Morgan fingerprint density at radius 1 is 1.15 bits per heavy atom. The molecule has 3 N–H and O–H groups in total. The molecule has 34 heavy (non-hydrogen) atoms. The zero-order valence-electron chi connectivity index (χ0n) is 21.8. The van der Waals surface area contributed by atoms with E-state index in [2.05, 4.69) is 34.7 Å². The first-order valence-corrected chi connectivity index (χ1v) is 13.6. The van der Waals surface area contributed by atoms with Crippen LogP contribution in [0, 0.1) is 12.3 Å². The second-order valence-corrected chi connectivity index (χ2v) is 9.05. The summed E-state index contributed by atoms with van der Waals surface area (Å²) in [6.07, 6.45) is 3.64. The molecule has 0 saturated carbocycles. The number of aromatic nitrogens is 1. The molecule has 1 aliphatic rings. The molecule has 6 nitrogen and oxygen atoms in total. The summed E-state index contributed by atoms with van der Waals surface area (Å²) in [6, 6.07) is 12.1. The van der Waals surface area contributed by atoms with Gasteiger partial charge in [-0.2, -0.15) is 0 Å². The minimum absolute atomic E-state index is 0. The topological polar surface area (TPSA) is 78.5 Å². The number of rotatable bonds is 10. The van der Waals surface area contributed by atoms with Gasteiger partial charge in [-0.05, 0) is 31.4 Å². The van der Waals surface area contributed by atoms with Crippen molar-refractivity contribution in [3.63, 3.8) is 0 Å². The number of benzene rings is 1. The number of nitrogen functional groups attached to an aromatic ring is 1. The van der Waals surface area contributed by atoms with Crippen LogP contribution in [0.25, 0.3) is 0 Å². The predicted molar refractivity (Wildman–Crippen MR) is 152 cm³/mol. The van der Waals surface area contributed by atoms with Crippen LogP contribution in [0.4, 0.5) is 11.5 Å². The van der Waals surface area contributed by atoms with Crippen LogP contribution in [-0.4, -0.2) is 67.8 Å². The molecule has 1 saturated heterocycles. The van der Waals surface area contributed by atoms with Crippen molar-refractivity contribution in [3.8, 4) is 0 Å². The second kappa shape index (κ2) is 18.3. The van der Waals surface area contributed by atoms with Crippen molar-refractivity contribution in [1.82, 2.24) is 9.88 Å². The first-order valence-electron chi connectivity index (χ1n) is 12.6. The van der Waals surface area contributed by atoms with Crippen LogP contribution < -0.4 is 10.6 Å². The van der Waals surface area contributed by atoms with Crippen LogP contribution in [0.3, 0.4) is 0 Å². The molecular weight excluding hydrogens is 442 g/mol. The van der Waals surface area contributed by atoms with Gasteiger partial charge in [0.25, 0.3) is 0 Å². The number of nitrogens with two attached hydrogens (primary N) is 1. The van der Waals surface area contributed by atoms with Gasteiger partial charge in [-0.3, -0.25) is 4.90 Å². The zero-order chi connectivity index (χ0) is 25.2. The van der Waals surface area contributed by atoms with Crippen molar-refractivity contribution in [3.05, 3.63) is 47.5 Å². The third-order valence-corrected chi connectivity index (χ3v) is 6.02. The fourth-order valence-corrected chi connectivity index (χ4v) is 4.47. The highest BCUT2D eigenvalue weighted by Gasteiger charge is 2.11. The Morgan fingerprint density at radius 3 is 2.38 bits per heavy atom. The number of morpholine rings is 1. The highest BCUT2D eigenvalue weighted by Crippen LogP contribution is 2.25. The predicted octanol–water partition coefficient (Wildman–Crippen LogP) is 5.98. The van der Waals surface area contributed by atoms with Crippen LogP contribution in [0.2, 0.25) is 0 Å². The summed E-state index contributed by atoms with van der Waals surface area (Å²) in [5.74, 6) is 1.66. The monoisotopic (exact) mass is 489 g/mol. The van der Waals surface area contributed by atoms with Gasteiger partial charge in [0.1, 0.15) is 10.8 Å². The van der Waals surface area contributed by atoms with Gasteiger partial charge in [0.05, 0.1) is 13.2 Å². The highest BCUT2D eigenvalue weighted by atomic mass is 32.2. The van der Waals surface area contributed by atoms with Crippen LogP contribution in [-0.2, 0) is 4.74 Å². The lowest BCUT2D eigenvalue weighted by Crippen LogP contribution is -2.37. The molecule has 0 radical (unpaired) electrons. The Hall–Kier alpha value is -2.09. The van der Waals surface area contributed by atoms with E-state index in [0.717, 1.165) is 75.1 Å². The van der Waals surface area contributed by atoms with Crippen LogP contribution in [0.5, 0.6) is 0 Å². The summed E-state index contributed by atoms with van der Waals surface area (Å²) in [6.45, 7) is 17.4. The van der Waals surface area contributed by atoms with Crippen molar-refractivity contribution in [2.45, 2.75) is 52.5 Å². The number of hydrogen-bond donors (Lipinski definition) is 2. The zero-order valence-corrected chi connectivity index (χ0v) is 22.7. The van der Waals surface area contributed by atoms with Crippen molar-refractivity contribution in [1.29, 1.82) is 5.41 Å². The molecule has 1 aromatic carbocycles. The van der Waals surface area contributed by atoms with Gasteiger partial charge in [-0.25, -0.2) is 4.98 Å². The number of nitrogens with zero attached hydrogens (tertiary/aromatic N) is 3. The third-order valence-electron chi connectivity index (χ3n) is 5.13. The Labute approximate surface area is 213 Å². The number of aryl methyl sites for hydroxylation is 1. The fraction of sp³-hybridized carbons (Fsp3) is 0.556. The van der Waals surface area contributed by atoms with Gasteiger partial charge in [0, 0.05) is 57.9 Å². The number of ether oxygens (including phenoxy) is 1. The maximum Gasteiger partial charge on any atom is 0.126 e. The Balaban J connectivity index is 0.000000808. The first-order chi connectivity index (χ1) is 16.5. The van der Waals surface area contributed by atoms with E-state index in [1.807, 2.05) is 51.1 Å². The summed E-state index contributed by atoms with van der Waals surface area (Å²) in [7, 11) is 0. The van der Waals surface area contributed by atoms with Crippen LogP contribution >= 0.6 is 11.8 Å². The second-order valence-electron chi connectivity index (χ2n) is 7.94. The molecule has 0 atom stereocenters. The van der Waals surface area contributed by atoms with Gasteiger partial charge >= 0.3 is 0 Å². The molecule has 3 rings (SSSR count). The van der Waals surface area contributed by atoms with Gasteiger partial charge < -0.3 is 20.8 Å². The van der Waals surface area contributed by atoms with Crippen molar-refractivity contribution < 1.29 is 6.16 Å². The summed E-state index contributed by atoms with van der Waals surface area (Å²) in [4.78, 5) is 9.35. The lowest BCUT2D eigenvalue weighted by Gasteiger charge is -2.26.